The van der Waals surface area contributed by atoms with Crippen LogP contribution < -0.4 is 10.6 Å². The average Bonchev–Trinajstić information content (AvgIpc) is 2.88. The second-order valence-electron chi connectivity index (χ2n) is 5.74. The Bertz CT molecular complexity index is 740. The number of aromatic nitrogens is 1. The first-order valence-electron chi connectivity index (χ1n) is 7.65. The number of amides is 2. The Balaban J connectivity index is 2.16. The molecule has 1 aromatic heterocycles. The molecule has 24 heavy (non-hydrogen) atoms. The van der Waals surface area contributed by atoms with Crippen LogP contribution >= 0.6 is 11.3 Å². The minimum absolute atomic E-state index is 0.122. The Kier molecular flexibility index (Phi) is 6.05. The van der Waals surface area contributed by atoms with Crippen LogP contribution in [0.4, 0.5) is 5.69 Å². The number of thiazole rings is 1. The summed E-state index contributed by atoms with van der Waals surface area (Å²) in [4.78, 5) is 30.8. The third-order valence-electron chi connectivity index (χ3n) is 3.29. The zero-order valence-electron chi connectivity index (χ0n) is 14.3. The standard InChI is InChI=1S/C17H22N4O2S/c1-11-15(16(23)18-8-9-21(3)4)20-17(24-11)13-6-5-7-14(10-13)19-12(2)22/h5-7,10H,8-9H2,1-4H3,(H,18,23)(H,19,22). The summed E-state index contributed by atoms with van der Waals surface area (Å²) in [6.07, 6.45) is 0. The molecule has 2 N–H and O–H groups in total. The molecular formula is C17H22N4O2S. The lowest BCUT2D eigenvalue weighted by Crippen LogP contribution is -2.31. The number of nitrogens with zero attached hydrogens (tertiary/aromatic N) is 2. The lowest BCUT2D eigenvalue weighted by atomic mass is 10.2. The second-order valence-corrected chi connectivity index (χ2v) is 6.95. The summed E-state index contributed by atoms with van der Waals surface area (Å²) in [6, 6.07) is 7.44. The van der Waals surface area contributed by atoms with E-state index in [9.17, 15) is 9.59 Å². The van der Waals surface area contributed by atoms with Gasteiger partial charge in [-0.2, -0.15) is 0 Å². The Morgan fingerprint density at radius 3 is 2.71 bits per heavy atom. The summed E-state index contributed by atoms with van der Waals surface area (Å²) in [7, 11) is 3.92. The summed E-state index contributed by atoms with van der Waals surface area (Å²) in [5, 5.41) is 6.39. The maximum Gasteiger partial charge on any atom is 0.271 e. The molecule has 0 saturated carbocycles. The maximum atomic E-state index is 12.3. The smallest absolute Gasteiger partial charge is 0.271 e. The predicted octanol–water partition coefficient (Wildman–Crippen LogP) is 2.37. The largest absolute Gasteiger partial charge is 0.349 e. The van der Waals surface area contributed by atoms with E-state index in [2.05, 4.69) is 15.6 Å². The summed E-state index contributed by atoms with van der Waals surface area (Å²) in [6.45, 7) is 4.72. The summed E-state index contributed by atoms with van der Waals surface area (Å²) >= 11 is 1.47. The minimum atomic E-state index is -0.158. The Hall–Kier alpha value is -2.25. The Morgan fingerprint density at radius 2 is 2.04 bits per heavy atom. The fourth-order valence-electron chi connectivity index (χ4n) is 2.14. The van der Waals surface area contributed by atoms with Crippen molar-refractivity contribution in [3.63, 3.8) is 0 Å². The van der Waals surface area contributed by atoms with Crippen LogP contribution in [-0.2, 0) is 4.79 Å². The Labute approximate surface area is 145 Å². The molecule has 0 aliphatic carbocycles. The van der Waals surface area contributed by atoms with Crippen LogP contribution in [-0.4, -0.2) is 48.9 Å². The van der Waals surface area contributed by atoms with Crippen molar-refractivity contribution in [3.05, 3.63) is 34.8 Å². The van der Waals surface area contributed by atoms with Gasteiger partial charge in [-0.05, 0) is 33.2 Å². The van der Waals surface area contributed by atoms with Gasteiger partial charge in [0, 0.05) is 36.1 Å². The van der Waals surface area contributed by atoms with Crippen LogP contribution in [0.3, 0.4) is 0 Å². The number of anilines is 1. The van der Waals surface area contributed by atoms with Crippen LogP contribution in [0, 0.1) is 6.92 Å². The van der Waals surface area contributed by atoms with Crippen LogP contribution in [0.15, 0.2) is 24.3 Å². The molecule has 128 valence electrons. The minimum Gasteiger partial charge on any atom is -0.349 e. The zero-order valence-corrected chi connectivity index (χ0v) is 15.2. The van der Waals surface area contributed by atoms with Crippen molar-refractivity contribution in [1.82, 2.24) is 15.2 Å². The molecule has 0 bridgehead atoms. The topological polar surface area (TPSA) is 74.3 Å². The van der Waals surface area contributed by atoms with Gasteiger partial charge >= 0.3 is 0 Å². The van der Waals surface area contributed by atoms with Crippen LogP contribution in [0.25, 0.3) is 10.6 Å². The second kappa shape index (κ2) is 8.03. The van der Waals surface area contributed by atoms with E-state index >= 15 is 0 Å². The molecule has 0 aliphatic heterocycles. The van der Waals surface area contributed by atoms with Gasteiger partial charge in [0.05, 0.1) is 0 Å². The molecule has 0 fully saturated rings. The van der Waals surface area contributed by atoms with Crippen LogP contribution in [0.5, 0.6) is 0 Å². The van der Waals surface area contributed by atoms with E-state index in [0.29, 0.717) is 17.9 Å². The number of benzene rings is 1. The number of likely N-dealkylation sites (N-methyl/N-ethyl adjacent to an activating group) is 1. The third kappa shape index (κ3) is 4.87. The van der Waals surface area contributed by atoms with E-state index in [4.69, 9.17) is 0 Å². The van der Waals surface area contributed by atoms with E-state index < -0.39 is 0 Å². The quantitative estimate of drug-likeness (QED) is 0.842. The number of carbonyl (C=O) groups is 2. The molecule has 0 aliphatic rings. The third-order valence-corrected chi connectivity index (χ3v) is 4.31. The first-order chi connectivity index (χ1) is 11.4. The first-order valence-corrected chi connectivity index (χ1v) is 8.47. The molecule has 2 rings (SSSR count). The molecule has 1 heterocycles. The molecule has 7 heteroatoms. The average molecular weight is 346 g/mol. The fraction of sp³-hybridized carbons (Fsp3) is 0.353. The van der Waals surface area contributed by atoms with Gasteiger partial charge in [0.15, 0.2) is 0 Å². The molecule has 0 radical (unpaired) electrons. The molecule has 0 spiro atoms. The van der Waals surface area contributed by atoms with E-state index in [1.807, 2.05) is 50.2 Å². The number of hydrogen-bond donors (Lipinski definition) is 2. The van der Waals surface area contributed by atoms with Crippen molar-refractivity contribution in [2.45, 2.75) is 13.8 Å². The van der Waals surface area contributed by atoms with E-state index in [1.54, 1.807) is 0 Å². The monoisotopic (exact) mass is 346 g/mol. The Morgan fingerprint density at radius 1 is 1.29 bits per heavy atom. The van der Waals surface area contributed by atoms with Gasteiger partial charge < -0.3 is 15.5 Å². The van der Waals surface area contributed by atoms with Gasteiger partial charge in [0.25, 0.3) is 5.91 Å². The molecular weight excluding hydrogens is 324 g/mol. The molecule has 0 unspecified atom stereocenters. The van der Waals surface area contributed by atoms with Gasteiger partial charge in [-0.1, -0.05) is 12.1 Å². The summed E-state index contributed by atoms with van der Waals surface area (Å²) in [5.74, 6) is -0.279. The van der Waals surface area contributed by atoms with Gasteiger partial charge in [-0.15, -0.1) is 11.3 Å². The van der Waals surface area contributed by atoms with Gasteiger partial charge in [0.1, 0.15) is 10.7 Å². The number of carbonyl (C=O) groups excluding carboxylic acids is 2. The van der Waals surface area contributed by atoms with E-state index in [0.717, 1.165) is 22.0 Å². The molecule has 6 nitrogen and oxygen atoms in total. The number of nitrogens with one attached hydrogen (secondary N) is 2. The van der Waals surface area contributed by atoms with Gasteiger partial charge in [-0.25, -0.2) is 4.98 Å². The van der Waals surface area contributed by atoms with Crippen molar-refractivity contribution in [1.29, 1.82) is 0 Å². The van der Waals surface area contributed by atoms with E-state index in [1.165, 1.54) is 18.3 Å². The van der Waals surface area contributed by atoms with Crippen molar-refractivity contribution in [3.8, 4) is 10.6 Å². The lowest BCUT2D eigenvalue weighted by Gasteiger charge is -2.09. The normalized spacial score (nSPS) is 10.7. The SMILES string of the molecule is CC(=O)Nc1cccc(-c2nc(C(=O)NCCN(C)C)c(C)s2)c1. The number of hydrogen-bond acceptors (Lipinski definition) is 5. The molecule has 1 aromatic carbocycles. The number of aryl methyl sites for hydroxylation is 1. The summed E-state index contributed by atoms with van der Waals surface area (Å²) in [5.41, 5.74) is 2.05. The summed E-state index contributed by atoms with van der Waals surface area (Å²) < 4.78 is 0. The van der Waals surface area contributed by atoms with E-state index in [-0.39, 0.29) is 11.8 Å². The molecule has 0 atom stereocenters. The van der Waals surface area contributed by atoms with Crippen molar-refractivity contribution >= 4 is 28.8 Å². The van der Waals surface area contributed by atoms with Crippen molar-refractivity contribution in [2.24, 2.45) is 0 Å². The van der Waals surface area contributed by atoms with Crippen LogP contribution in [0.1, 0.15) is 22.3 Å². The highest BCUT2D eigenvalue weighted by molar-refractivity contribution is 7.15. The van der Waals surface area contributed by atoms with Crippen molar-refractivity contribution < 1.29 is 9.59 Å². The lowest BCUT2D eigenvalue weighted by molar-refractivity contribution is -0.114. The number of rotatable bonds is 6. The zero-order chi connectivity index (χ0) is 17.7. The highest BCUT2D eigenvalue weighted by Crippen LogP contribution is 2.29. The highest BCUT2D eigenvalue weighted by Gasteiger charge is 2.16. The molecule has 2 aromatic rings. The first kappa shape index (κ1) is 18.1. The van der Waals surface area contributed by atoms with Crippen molar-refractivity contribution in [2.75, 3.05) is 32.5 Å². The fourth-order valence-corrected chi connectivity index (χ4v) is 3.05. The van der Waals surface area contributed by atoms with Crippen LogP contribution in [0.2, 0.25) is 0 Å². The van der Waals surface area contributed by atoms with Gasteiger partial charge in [-0.3, -0.25) is 9.59 Å². The van der Waals surface area contributed by atoms with Gasteiger partial charge in [0.2, 0.25) is 5.91 Å². The maximum absolute atomic E-state index is 12.3. The molecule has 2 amide bonds. The predicted molar refractivity (Wildman–Crippen MR) is 97.5 cm³/mol. The molecule has 0 saturated heterocycles. The highest BCUT2D eigenvalue weighted by atomic mass is 32.1.